The number of rotatable bonds is 5. The molecule has 0 radical (unpaired) electrons. The number of hydrogen-bond acceptors (Lipinski definition) is 4. The van der Waals surface area contributed by atoms with Crippen molar-refractivity contribution in [3.63, 3.8) is 0 Å². The van der Waals surface area contributed by atoms with Crippen LogP contribution in [0, 0.1) is 0 Å². The maximum atomic E-state index is 5.94. The fraction of sp³-hybridized carbons (Fsp3) is 0.500. The van der Waals surface area contributed by atoms with Gasteiger partial charge in [-0.15, -0.1) is 0 Å². The Hall–Kier alpha value is -1.13. The minimum absolute atomic E-state index is 0.0250. The normalized spacial score (nSPS) is 12.5. The van der Waals surface area contributed by atoms with Crippen LogP contribution in [-0.4, -0.2) is 18.6 Å². The molecule has 14 heavy (non-hydrogen) atoms. The van der Waals surface area contributed by atoms with E-state index in [1.54, 1.807) is 13.3 Å². The van der Waals surface area contributed by atoms with Gasteiger partial charge in [0, 0.05) is 18.3 Å². The lowest BCUT2D eigenvalue weighted by Crippen LogP contribution is -2.12. The molecule has 1 aromatic rings. The molecule has 4 N–H and O–H groups in total. The predicted octanol–water partition coefficient (Wildman–Crippen LogP) is 0.829. The highest BCUT2D eigenvalue weighted by Crippen LogP contribution is 2.16. The van der Waals surface area contributed by atoms with Crippen molar-refractivity contribution in [2.24, 2.45) is 11.5 Å². The van der Waals surface area contributed by atoms with Gasteiger partial charge >= 0.3 is 0 Å². The molecule has 0 amide bonds. The molecule has 0 aliphatic rings. The molecule has 1 rings (SSSR count). The maximum absolute atomic E-state index is 5.94. The first-order valence-corrected chi connectivity index (χ1v) is 4.73. The number of aromatic nitrogens is 1. The first-order valence-electron chi connectivity index (χ1n) is 4.73. The van der Waals surface area contributed by atoms with E-state index in [1.807, 2.05) is 12.1 Å². The molecule has 1 aromatic heterocycles. The summed E-state index contributed by atoms with van der Waals surface area (Å²) in [5.74, 6) is 0.611. The number of nitrogens with two attached hydrogens (primary N) is 2. The summed E-state index contributed by atoms with van der Waals surface area (Å²) in [5, 5.41) is 0. The summed E-state index contributed by atoms with van der Waals surface area (Å²) in [6, 6.07) is 3.78. The zero-order valence-electron chi connectivity index (χ0n) is 8.44. The summed E-state index contributed by atoms with van der Waals surface area (Å²) >= 11 is 0. The zero-order valence-corrected chi connectivity index (χ0v) is 8.44. The molecule has 1 atom stereocenters. The van der Waals surface area contributed by atoms with E-state index in [9.17, 15) is 0 Å². The molecule has 78 valence electrons. The number of hydrogen-bond donors (Lipinski definition) is 2. The molecule has 0 spiro atoms. The average molecular weight is 195 g/mol. The lowest BCUT2D eigenvalue weighted by Gasteiger charge is -2.10. The van der Waals surface area contributed by atoms with E-state index in [0.717, 1.165) is 18.4 Å². The Morgan fingerprint density at radius 2 is 2.29 bits per heavy atom. The number of pyridine rings is 1. The summed E-state index contributed by atoms with van der Waals surface area (Å²) in [5.41, 5.74) is 12.4. The minimum Gasteiger partial charge on any atom is -0.481 e. The third-order valence-corrected chi connectivity index (χ3v) is 2.12. The average Bonchev–Trinajstić information content (AvgIpc) is 2.26. The van der Waals surface area contributed by atoms with Crippen LogP contribution < -0.4 is 16.2 Å². The molecule has 0 saturated heterocycles. The van der Waals surface area contributed by atoms with Crippen LogP contribution >= 0.6 is 0 Å². The largest absolute Gasteiger partial charge is 0.481 e. The topological polar surface area (TPSA) is 74.2 Å². The van der Waals surface area contributed by atoms with Crippen LogP contribution in [0.3, 0.4) is 0 Å². The SMILES string of the molecule is COc1ccc([C@H](N)CCCN)cn1. The molecular weight excluding hydrogens is 178 g/mol. The standard InChI is InChI=1S/C10H17N3O/c1-14-10-5-4-8(7-13-10)9(12)3-2-6-11/h4-5,7,9H,2-3,6,11-12H2,1H3/t9-/m1/s1. The molecular formula is C10H17N3O. The molecule has 0 aromatic carbocycles. The van der Waals surface area contributed by atoms with Crippen LogP contribution in [0.15, 0.2) is 18.3 Å². The highest BCUT2D eigenvalue weighted by Gasteiger charge is 2.05. The summed E-state index contributed by atoms with van der Waals surface area (Å²) in [6.45, 7) is 0.678. The number of nitrogens with zero attached hydrogens (tertiary/aromatic N) is 1. The van der Waals surface area contributed by atoms with Gasteiger partial charge in [-0.05, 0) is 24.9 Å². The van der Waals surface area contributed by atoms with E-state index in [1.165, 1.54) is 0 Å². The monoisotopic (exact) mass is 195 g/mol. The van der Waals surface area contributed by atoms with Crippen molar-refractivity contribution < 1.29 is 4.74 Å². The van der Waals surface area contributed by atoms with Crippen molar-refractivity contribution in [1.82, 2.24) is 4.98 Å². The molecule has 0 bridgehead atoms. The molecule has 1 heterocycles. The Kier molecular flexibility index (Phi) is 4.35. The van der Waals surface area contributed by atoms with Gasteiger partial charge in [0.15, 0.2) is 0 Å². The highest BCUT2D eigenvalue weighted by molar-refractivity contribution is 5.20. The van der Waals surface area contributed by atoms with Gasteiger partial charge in [-0.2, -0.15) is 0 Å². The van der Waals surface area contributed by atoms with Gasteiger partial charge < -0.3 is 16.2 Å². The number of ether oxygens (including phenoxy) is 1. The van der Waals surface area contributed by atoms with Gasteiger partial charge in [0.1, 0.15) is 0 Å². The fourth-order valence-corrected chi connectivity index (χ4v) is 1.24. The fourth-order valence-electron chi connectivity index (χ4n) is 1.24. The van der Waals surface area contributed by atoms with E-state index < -0.39 is 0 Å². The third kappa shape index (κ3) is 2.97. The van der Waals surface area contributed by atoms with Gasteiger partial charge in [0.2, 0.25) is 5.88 Å². The van der Waals surface area contributed by atoms with Gasteiger partial charge in [-0.25, -0.2) is 4.98 Å². The Labute approximate surface area is 84.3 Å². The number of methoxy groups -OCH3 is 1. The molecule has 0 unspecified atom stereocenters. The predicted molar refractivity (Wildman–Crippen MR) is 56.0 cm³/mol. The quantitative estimate of drug-likeness (QED) is 0.729. The van der Waals surface area contributed by atoms with E-state index >= 15 is 0 Å². The summed E-state index contributed by atoms with van der Waals surface area (Å²) in [6.07, 6.45) is 3.58. The third-order valence-electron chi connectivity index (χ3n) is 2.12. The second kappa shape index (κ2) is 5.57. The van der Waals surface area contributed by atoms with Crippen LogP contribution in [0.5, 0.6) is 5.88 Å². The second-order valence-electron chi connectivity index (χ2n) is 3.17. The molecule has 4 nitrogen and oxygen atoms in total. The summed E-state index contributed by atoms with van der Waals surface area (Å²) in [7, 11) is 1.59. The first kappa shape index (κ1) is 10.9. The van der Waals surface area contributed by atoms with Crippen molar-refractivity contribution in [2.45, 2.75) is 18.9 Å². The maximum Gasteiger partial charge on any atom is 0.212 e. The summed E-state index contributed by atoms with van der Waals surface area (Å²) < 4.78 is 4.96. The summed E-state index contributed by atoms with van der Waals surface area (Å²) in [4.78, 5) is 4.09. The molecule has 0 aliphatic carbocycles. The molecule has 0 saturated carbocycles. The van der Waals surface area contributed by atoms with Crippen molar-refractivity contribution in [1.29, 1.82) is 0 Å². The molecule has 4 heteroatoms. The second-order valence-corrected chi connectivity index (χ2v) is 3.17. The van der Waals surface area contributed by atoms with Gasteiger partial charge in [0.25, 0.3) is 0 Å². The minimum atomic E-state index is 0.0250. The van der Waals surface area contributed by atoms with Crippen LogP contribution in [0.4, 0.5) is 0 Å². The lowest BCUT2D eigenvalue weighted by molar-refractivity contribution is 0.397. The Morgan fingerprint density at radius 3 is 2.79 bits per heavy atom. The Balaban J connectivity index is 2.57. The first-order chi connectivity index (χ1) is 6.77. The van der Waals surface area contributed by atoms with Crippen molar-refractivity contribution in [3.05, 3.63) is 23.9 Å². The van der Waals surface area contributed by atoms with Crippen LogP contribution in [0.2, 0.25) is 0 Å². The zero-order chi connectivity index (χ0) is 10.4. The van der Waals surface area contributed by atoms with E-state index in [0.29, 0.717) is 12.4 Å². The van der Waals surface area contributed by atoms with Crippen molar-refractivity contribution in [3.8, 4) is 5.88 Å². The van der Waals surface area contributed by atoms with Gasteiger partial charge in [-0.1, -0.05) is 6.07 Å². The van der Waals surface area contributed by atoms with E-state index in [4.69, 9.17) is 16.2 Å². The van der Waals surface area contributed by atoms with Gasteiger partial charge in [-0.3, -0.25) is 0 Å². The Bertz CT molecular complexity index is 261. The van der Waals surface area contributed by atoms with Crippen molar-refractivity contribution >= 4 is 0 Å². The van der Waals surface area contributed by atoms with Crippen molar-refractivity contribution in [2.75, 3.05) is 13.7 Å². The van der Waals surface area contributed by atoms with Crippen LogP contribution in [0.25, 0.3) is 0 Å². The van der Waals surface area contributed by atoms with E-state index in [2.05, 4.69) is 4.98 Å². The van der Waals surface area contributed by atoms with Crippen LogP contribution in [-0.2, 0) is 0 Å². The van der Waals surface area contributed by atoms with E-state index in [-0.39, 0.29) is 6.04 Å². The smallest absolute Gasteiger partial charge is 0.212 e. The Morgan fingerprint density at radius 1 is 1.50 bits per heavy atom. The van der Waals surface area contributed by atoms with Crippen LogP contribution in [0.1, 0.15) is 24.4 Å². The molecule has 0 fully saturated rings. The molecule has 0 aliphatic heterocycles. The van der Waals surface area contributed by atoms with Gasteiger partial charge in [0.05, 0.1) is 7.11 Å². The highest BCUT2D eigenvalue weighted by atomic mass is 16.5. The lowest BCUT2D eigenvalue weighted by atomic mass is 10.1.